The first-order valence-electron chi connectivity index (χ1n) is 4.38. The maximum atomic E-state index is 11.6. The zero-order valence-corrected chi connectivity index (χ0v) is 7.38. The van der Waals surface area contributed by atoms with Crippen molar-refractivity contribution in [1.29, 1.82) is 0 Å². The highest BCUT2D eigenvalue weighted by Gasteiger charge is 2.48. The molecule has 72 valence electrons. The lowest BCUT2D eigenvalue weighted by Gasteiger charge is -1.96. The fraction of sp³-hybridized carbons (Fsp3) is 0.300. The van der Waals surface area contributed by atoms with Crippen LogP contribution in [0.25, 0.3) is 0 Å². The second kappa shape index (κ2) is 3.21. The molecule has 0 bridgehead atoms. The van der Waals surface area contributed by atoms with Crippen LogP contribution in [0.2, 0.25) is 0 Å². The number of carboxylic acid groups (broad SMARTS) is 1. The molecule has 2 rings (SSSR count). The Morgan fingerprint density at radius 3 is 2.64 bits per heavy atom. The number of aromatic nitrogens is 1. The van der Waals surface area contributed by atoms with Crippen LogP contribution in [-0.2, 0) is 4.79 Å². The van der Waals surface area contributed by atoms with E-state index in [9.17, 15) is 9.59 Å². The van der Waals surface area contributed by atoms with E-state index in [1.807, 2.05) is 0 Å². The van der Waals surface area contributed by atoms with E-state index in [-0.39, 0.29) is 11.7 Å². The zero-order chi connectivity index (χ0) is 10.1. The summed E-state index contributed by atoms with van der Waals surface area (Å²) in [5, 5.41) is 8.65. The van der Waals surface area contributed by atoms with Gasteiger partial charge in [-0.05, 0) is 18.6 Å². The molecule has 0 amide bonds. The lowest BCUT2D eigenvalue weighted by Crippen LogP contribution is -2.09. The summed E-state index contributed by atoms with van der Waals surface area (Å²) in [6, 6.07) is 5.05. The summed E-state index contributed by atoms with van der Waals surface area (Å²) in [5.74, 6) is -1.90. The number of Topliss-reactive ketones (excluding diaryl/α,β-unsaturated/α-hetero) is 1. The molecule has 0 radical (unpaired) electrons. The fourth-order valence-corrected chi connectivity index (χ4v) is 1.46. The number of carbonyl (C=O) groups is 2. The van der Waals surface area contributed by atoms with Crippen LogP contribution in [0.4, 0.5) is 0 Å². The molecule has 4 heteroatoms. The number of carboxylic acids is 1. The second-order valence-electron chi connectivity index (χ2n) is 3.37. The number of hydrogen-bond acceptors (Lipinski definition) is 3. The Morgan fingerprint density at radius 2 is 2.14 bits per heavy atom. The van der Waals surface area contributed by atoms with Gasteiger partial charge >= 0.3 is 5.97 Å². The second-order valence-corrected chi connectivity index (χ2v) is 3.37. The Balaban J connectivity index is 2.09. The Labute approximate surface area is 80.6 Å². The quantitative estimate of drug-likeness (QED) is 0.723. The van der Waals surface area contributed by atoms with Gasteiger partial charge in [0.2, 0.25) is 0 Å². The molecule has 0 aliphatic heterocycles. The molecule has 1 aromatic heterocycles. The highest BCUT2D eigenvalue weighted by Crippen LogP contribution is 2.40. The van der Waals surface area contributed by atoms with E-state index < -0.39 is 11.9 Å². The lowest BCUT2D eigenvalue weighted by atomic mass is 10.1. The monoisotopic (exact) mass is 191 g/mol. The van der Waals surface area contributed by atoms with Gasteiger partial charge in [0.1, 0.15) is 5.69 Å². The summed E-state index contributed by atoms with van der Waals surface area (Å²) in [7, 11) is 0. The van der Waals surface area contributed by atoms with Crippen molar-refractivity contribution in [1.82, 2.24) is 4.98 Å². The van der Waals surface area contributed by atoms with Crippen molar-refractivity contribution in [3.63, 3.8) is 0 Å². The van der Waals surface area contributed by atoms with E-state index in [2.05, 4.69) is 4.98 Å². The molecule has 14 heavy (non-hydrogen) atoms. The van der Waals surface area contributed by atoms with Gasteiger partial charge in [-0.2, -0.15) is 0 Å². The van der Waals surface area contributed by atoms with Crippen LogP contribution < -0.4 is 0 Å². The predicted molar refractivity (Wildman–Crippen MR) is 47.8 cm³/mol. The van der Waals surface area contributed by atoms with Crippen molar-refractivity contribution < 1.29 is 14.7 Å². The van der Waals surface area contributed by atoms with Gasteiger partial charge in [-0.3, -0.25) is 14.6 Å². The topological polar surface area (TPSA) is 67.3 Å². The van der Waals surface area contributed by atoms with Gasteiger partial charge in [0, 0.05) is 12.1 Å². The van der Waals surface area contributed by atoms with Gasteiger partial charge in [0.05, 0.1) is 5.92 Å². The fourth-order valence-electron chi connectivity index (χ4n) is 1.46. The molecule has 1 saturated carbocycles. The third kappa shape index (κ3) is 1.51. The van der Waals surface area contributed by atoms with E-state index in [1.54, 1.807) is 18.2 Å². The van der Waals surface area contributed by atoms with Crippen LogP contribution in [-0.4, -0.2) is 21.8 Å². The third-order valence-electron chi connectivity index (χ3n) is 2.36. The largest absolute Gasteiger partial charge is 0.481 e. The molecular formula is C10H9NO3. The summed E-state index contributed by atoms with van der Waals surface area (Å²) < 4.78 is 0. The molecule has 2 atom stereocenters. The van der Waals surface area contributed by atoms with Crippen molar-refractivity contribution in [2.24, 2.45) is 11.8 Å². The Morgan fingerprint density at radius 1 is 1.36 bits per heavy atom. The van der Waals surface area contributed by atoms with Gasteiger partial charge in [-0.25, -0.2) is 0 Å². The van der Waals surface area contributed by atoms with E-state index in [1.165, 1.54) is 6.20 Å². The first-order chi connectivity index (χ1) is 6.70. The Bertz CT molecular complexity index is 374. The van der Waals surface area contributed by atoms with Crippen molar-refractivity contribution in [3.05, 3.63) is 30.1 Å². The number of hydrogen-bond donors (Lipinski definition) is 1. The summed E-state index contributed by atoms with van der Waals surface area (Å²) in [6.07, 6.45) is 1.98. The third-order valence-corrected chi connectivity index (χ3v) is 2.36. The van der Waals surface area contributed by atoms with E-state index >= 15 is 0 Å². The first kappa shape index (κ1) is 8.87. The molecule has 1 aromatic rings. The van der Waals surface area contributed by atoms with Crippen LogP contribution in [0.3, 0.4) is 0 Å². The molecular weight excluding hydrogens is 182 g/mol. The molecule has 0 spiro atoms. The minimum absolute atomic E-state index is 0.155. The number of nitrogens with zero attached hydrogens (tertiary/aromatic N) is 1. The molecule has 1 fully saturated rings. The first-order valence-corrected chi connectivity index (χ1v) is 4.38. The number of ketones is 1. The van der Waals surface area contributed by atoms with Crippen molar-refractivity contribution >= 4 is 11.8 Å². The normalized spacial score (nSPS) is 24.3. The summed E-state index contributed by atoms with van der Waals surface area (Å²) in [4.78, 5) is 26.0. The van der Waals surface area contributed by atoms with Crippen LogP contribution in [0, 0.1) is 11.8 Å². The number of rotatable bonds is 3. The smallest absolute Gasteiger partial charge is 0.307 e. The highest BCUT2D eigenvalue weighted by molar-refractivity contribution is 6.01. The molecule has 1 aliphatic rings. The predicted octanol–water partition coefficient (Wildman–Crippen LogP) is 0.985. The maximum Gasteiger partial charge on any atom is 0.307 e. The summed E-state index contributed by atoms with van der Waals surface area (Å²) in [6.45, 7) is 0. The average Bonchev–Trinajstić information content (AvgIpc) is 2.97. The average molecular weight is 191 g/mol. The standard InChI is InChI=1S/C10H9NO3/c12-9(6-5-7(6)10(13)14)8-3-1-2-4-11-8/h1-4,6-7H,5H2,(H,13,14). The summed E-state index contributed by atoms with van der Waals surface area (Å²) in [5.41, 5.74) is 0.362. The van der Waals surface area contributed by atoms with Crippen molar-refractivity contribution in [3.8, 4) is 0 Å². The van der Waals surface area contributed by atoms with Gasteiger partial charge in [-0.15, -0.1) is 0 Å². The van der Waals surface area contributed by atoms with Gasteiger partial charge in [-0.1, -0.05) is 6.07 Å². The zero-order valence-electron chi connectivity index (χ0n) is 7.38. The molecule has 4 nitrogen and oxygen atoms in total. The number of pyridine rings is 1. The molecule has 1 heterocycles. The Hall–Kier alpha value is -1.71. The molecule has 0 aromatic carbocycles. The number of aliphatic carboxylic acids is 1. The molecule has 1 N–H and O–H groups in total. The van der Waals surface area contributed by atoms with Crippen LogP contribution >= 0.6 is 0 Å². The van der Waals surface area contributed by atoms with E-state index in [0.29, 0.717) is 12.1 Å². The Kier molecular flexibility index (Phi) is 2.04. The van der Waals surface area contributed by atoms with Crippen LogP contribution in [0.15, 0.2) is 24.4 Å². The number of carbonyl (C=O) groups excluding carboxylic acids is 1. The van der Waals surface area contributed by atoms with Crippen LogP contribution in [0.5, 0.6) is 0 Å². The van der Waals surface area contributed by atoms with Crippen molar-refractivity contribution in [2.45, 2.75) is 6.42 Å². The van der Waals surface area contributed by atoms with E-state index in [4.69, 9.17) is 5.11 Å². The highest BCUT2D eigenvalue weighted by atomic mass is 16.4. The lowest BCUT2D eigenvalue weighted by molar-refractivity contribution is -0.138. The van der Waals surface area contributed by atoms with Crippen LogP contribution in [0.1, 0.15) is 16.9 Å². The minimum Gasteiger partial charge on any atom is -0.481 e. The van der Waals surface area contributed by atoms with Gasteiger partial charge < -0.3 is 5.11 Å². The maximum absolute atomic E-state index is 11.6. The van der Waals surface area contributed by atoms with Gasteiger partial charge in [0.25, 0.3) is 0 Å². The van der Waals surface area contributed by atoms with Crippen molar-refractivity contribution in [2.75, 3.05) is 0 Å². The SMILES string of the molecule is O=C(O)C1CC1C(=O)c1ccccn1. The molecule has 2 unspecified atom stereocenters. The molecule has 0 saturated heterocycles. The summed E-state index contributed by atoms with van der Waals surface area (Å²) >= 11 is 0. The minimum atomic E-state index is -0.890. The van der Waals surface area contributed by atoms with E-state index in [0.717, 1.165) is 0 Å². The molecule has 1 aliphatic carbocycles. The van der Waals surface area contributed by atoms with Gasteiger partial charge in [0.15, 0.2) is 5.78 Å².